The van der Waals surface area contributed by atoms with Gasteiger partial charge >= 0.3 is 0 Å². The van der Waals surface area contributed by atoms with Gasteiger partial charge in [0.25, 0.3) is 5.56 Å². The summed E-state index contributed by atoms with van der Waals surface area (Å²) in [6.07, 6.45) is 0. The second-order valence-corrected chi connectivity index (χ2v) is 6.69. The Kier molecular flexibility index (Phi) is 3.92. The lowest BCUT2D eigenvalue weighted by Crippen LogP contribution is -2.24. The van der Waals surface area contributed by atoms with Crippen LogP contribution in [-0.2, 0) is 6.54 Å². The highest BCUT2D eigenvalue weighted by Crippen LogP contribution is 2.36. The molecule has 0 aliphatic rings. The Morgan fingerprint density at radius 2 is 2.09 bits per heavy atom. The molecule has 3 rings (SSSR count). The highest BCUT2D eigenvalue weighted by molar-refractivity contribution is 7.23. The van der Waals surface area contributed by atoms with Gasteiger partial charge in [0.15, 0.2) is 0 Å². The van der Waals surface area contributed by atoms with Crippen LogP contribution in [0.3, 0.4) is 0 Å². The molecular weight excluding hydrogens is 341 g/mol. The van der Waals surface area contributed by atoms with E-state index in [2.05, 4.69) is 11.1 Å². The average molecular weight is 350 g/mol. The van der Waals surface area contributed by atoms with Crippen molar-refractivity contribution in [1.82, 2.24) is 9.55 Å². The fourth-order valence-electron chi connectivity index (χ4n) is 2.24. The van der Waals surface area contributed by atoms with E-state index in [0.29, 0.717) is 31.0 Å². The maximum Gasteiger partial charge on any atom is 0.271 e. The fraction of sp³-hybridized carbons (Fsp3) is 0.133. The molecule has 1 aromatic carbocycles. The third kappa shape index (κ3) is 2.40. The summed E-state index contributed by atoms with van der Waals surface area (Å²) in [7, 11) is 0. The number of nitrogens with zero attached hydrogens (tertiary/aromatic N) is 3. The molecule has 0 N–H and O–H groups in total. The summed E-state index contributed by atoms with van der Waals surface area (Å²) in [5.74, 6) is 0.529. The number of nitriles is 1. The SMILES string of the molecule is Cc1nc2c(Cl)c(Cl)sc2c(=O)n1Cc1ccccc1C#N. The van der Waals surface area contributed by atoms with E-state index >= 15 is 0 Å². The van der Waals surface area contributed by atoms with Crippen molar-refractivity contribution in [2.45, 2.75) is 13.5 Å². The Hall–Kier alpha value is -1.87. The van der Waals surface area contributed by atoms with E-state index < -0.39 is 0 Å². The average Bonchev–Trinajstić information content (AvgIpc) is 2.80. The van der Waals surface area contributed by atoms with Crippen molar-refractivity contribution in [2.75, 3.05) is 0 Å². The van der Waals surface area contributed by atoms with Crippen LogP contribution < -0.4 is 5.56 Å². The first-order chi connectivity index (χ1) is 10.5. The van der Waals surface area contributed by atoms with E-state index in [4.69, 9.17) is 28.5 Å². The van der Waals surface area contributed by atoms with Crippen molar-refractivity contribution in [1.29, 1.82) is 5.26 Å². The molecule has 0 spiro atoms. The van der Waals surface area contributed by atoms with Gasteiger partial charge < -0.3 is 0 Å². The predicted molar refractivity (Wildman–Crippen MR) is 88.9 cm³/mol. The van der Waals surface area contributed by atoms with E-state index in [1.165, 1.54) is 4.57 Å². The number of hydrogen-bond donors (Lipinski definition) is 0. The van der Waals surface area contributed by atoms with E-state index in [-0.39, 0.29) is 12.1 Å². The molecule has 2 heterocycles. The molecule has 0 radical (unpaired) electrons. The number of fused-ring (bicyclic) bond motifs is 1. The molecular formula is C15H9Cl2N3OS. The van der Waals surface area contributed by atoms with Crippen molar-refractivity contribution in [3.05, 3.63) is 60.9 Å². The largest absolute Gasteiger partial charge is 0.291 e. The number of aryl methyl sites for hydroxylation is 1. The second kappa shape index (κ2) is 5.73. The number of thiophene rings is 1. The van der Waals surface area contributed by atoms with Gasteiger partial charge in [-0.2, -0.15) is 5.26 Å². The standard InChI is InChI=1S/C15H9Cl2N3OS/c1-8-19-12-11(16)14(17)22-13(12)15(21)20(8)7-10-5-3-2-4-9(10)6-18/h2-5H,7H2,1H3. The maximum absolute atomic E-state index is 12.7. The van der Waals surface area contributed by atoms with Crippen LogP contribution >= 0.6 is 34.5 Å². The Morgan fingerprint density at radius 1 is 1.36 bits per heavy atom. The molecule has 3 aromatic rings. The van der Waals surface area contributed by atoms with Crippen LogP contribution in [0.5, 0.6) is 0 Å². The molecule has 0 amide bonds. The molecule has 7 heteroatoms. The Labute approximate surface area is 140 Å². The Bertz CT molecular complexity index is 985. The molecule has 0 atom stereocenters. The van der Waals surface area contributed by atoms with Crippen molar-refractivity contribution in [2.24, 2.45) is 0 Å². The monoisotopic (exact) mass is 349 g/mol. The highest BCUT2D eigenvalue weighted by Gasteiger charge is 2.17. The summed E-state index contributed by atoms with van der Waals surface area (Å²) in [5.41, 5.74) is 1.54. The third-order valence-electron chi connectivity index (χ3n) is 3.36. The molecule has 0 unspecified atom stereocenters. The van der Waals surface area contributed by atoms with Gasteiger partial charge in [0.2, 0.25) is 0 Å². The zero-order chi connectivity index (χ0) is 15.9. The van der Waals surface area contributed by atoms with Crippen LogP contribution in [0.2, 0.25) is 9.36 Å². The summed E-state index contributed by atoms with van der Waals surface area (Å²) >= 11 is 13.2. The summed E-state index contributed by atoms with van der Waals surface area (Å²) in [5, 5.41) is 9.47. The van der Waals surface area contributed by atoms with Crippen LogP contribution in [0.15, 0.2) is 29.1 Å². The first-order valence-corrected chi connectivity index (χ1v) is 7.93. The van der Waals surface area contributed by atoms with Crippen molar-refractivity contribution < 1.29 is 0 Å². The van der Waals surface area contributed by atoms with Gasteiger partial charge in [-0.15, -0.1) is 11.3 Å². The predicted octanol–water partition coefficient (Wildman–Crippen LogP) is 3.99. The van der Waals surface area contributed by atoms with E-state index in [9.17, 15) is 4.79 Å². The van der Waals surface area contributed by atoms with Gasteiger partial charge in [-0.05, 0) is 18.6 Å². The van der Waals surface area contributed by atoms with Crippen LogP contribution in [0, 0.1) is 18.3 Å². The fourth-order valence-corrected chi connectivity index (χ4v) is 3.67. The van der Waals surface area contributed by atoms with Gasteiger partial charge in [-0.1, -0.05) is 41.4 Å². The van der Waals surface area contributed by atoms with Crippen LogP contribution in [0.1, 0.15) is 17.0 Å². The molecule has 0 saturated carbocycles. The summed E-state index contributed by atoms with van der Waals surface area (Å²) < 4.78 is 2.31. The lowest BCUT2D eigenvalue weighted by atomic mass is 10.1. The summed E-state index contributed by atoms with van der Waals surface area (Å²) in [4.78, 5) is 17.0. The topological polar surface area (TPSA) is 58.7 Å². The molecule has 0 bridgehead atoms. The van der Waals surface area contributed by atoms with Crippen molar-refractivity contribution in [3.63, 3.8) is 0 Å². The first-order valence-electron chi connectivity index (χ1n) is 6.36. The number of rotatable bonds is 2. The second-order valence-electron chi connectivity index (χ2n) is 4.69. The minimum atomic E-state index is -0.200. The van der Waals surface area contributed by atoms with Crippen LogP contribution in [0.4, 0.5) is 0 Å². The van der Waals surface area contributed by atoms with Gasteiger partial charge in [0.1, 0.15) is 20.4 Å². The quantitative estimate of drug-likeness (QED) is 0.702. The molecule has 2 aromatic heterocycles. The Balaban J connectivity index is 2.20. The zero-order valence-electron chi connectivity index (χ0n) is 11.4. The van der Waals surface area contributed by atoms with Crippen molar-refractivity contribution in [3.8, 4) is 6.07 Å². The van der Waals surface area contributed by atoms with Gasteiger partial charge in [-0.25, -0.2) is 4.98 Å². The summed E-state index contributed by atoms with van der Waals surface area (Å²) in [6, 6.07) is 9.30. The molecule has 22 heavy (non-hydrogen) atoms. The van der Waals surface area contributed by atoms with Gasteiger partial charge in [0, 0.05) is 0 Å². The van der Waals surface area contributed by atoms with Crippen LogP contribution in [0.25, 0.3) is 10.2 Å². The van der Waals surface area contributed by atoms with Gasteiger partial charge in [0.05, 0.1) is 23.2 Å². The number of hydrogen-bond acceptors (Lipinski definition) is 4. The van der Waals surface area contributed by atoms with E-state index in [1.54, 1.807) is 19.1 Å². The highest BCUT2D eigenvalue weighted by atomic mass is 35.5. The lowest BCUT2D eigenvalue weighted by Gasteiger charge is -2.10. The van der Waals surface area contributed by atoms with E-state index in [0.717, 1.165) is 16.9 Å². The first kappa shape index (κ1) is 15.0. The maximum atomic E-state index is 12.7. The number of benzene rings is 1. The van der Waals surface area contributed by atoms with Crippen LogP contribution in [-0.4, -0.2) is 9.55 Å². The molecule has 0 fully saturated rings. The normalized spacial score (nSPS) is 10.8. The number of halogens is 2. The van der Waals surface area contributed by atoms with E-state index in [1.807, 2.05) is 12.1 Å². The number of aromatic nitrogens is 2. The van der Waals surface area contributed by atoms with Gasteiger partial charge in [-0.3, -0.25) is 9.36 Å². The molecule has 0 saturated heterocycles. The molecule has 0 aliphatic heterocycles. The molecule has 4 nitrogen and oxygen atoms in total. The zero-order valence-corrected chi connectivity index (χ0v) is 13.8. The Morgan fingerprint density at radius 3 is 2.82 bits per heavy atom. The lowest BCUT2D eigenvalue weighted by molar-refractivity contribution is 0.713. The van der Waals surface area contributed by atoms with Crippen molar-refractivity contribution >= 4 is 44.8 Å². The molecule has 110 valence electrons. The third-order valence-corrected chi connectivity index (χ3v) is 5.31. The minimum absolute atomic E-state index is 0.200. The molecule has 0 aliphatic carbocycles. The minimum Gasteiger partial charge on any atom is -0.291 e. The summed E-state index contributed by atoms with van der Waals surface area (Å²) in [6.45, 7) is 2.02. The smallest absolute Gasteiger partial charge is 0.271 e.